The third-order valence-electron chi connectivity index (χ3n) is 5.08. The van der Waals surface area contributed by atoms with Gasteiger partial charge in [-0.05, 0) is 38.0 Å². The van der Waals surface area contributed by atoms with Gasteiger partial charge in [0.2, 0.25) is 0 Å². The number of nitrogens with one attached hydrogen (secondary N) is 1. The number of aliphatic imine (C=N–C) groups is 1. The van der Waals surface area contributed by atoms with Gasteiger partial charge >= 0.3 is 0 Å². The van der Waals surface area contributed by atoms with Gasteiger partial charge in [-0.3, -0.25) is 9.67 Å². The highest BCUT2D eigenvalue weighted by Gasteiger charge is 2.20. The summed E-state index contributed by atoms with van der Waals surface area (Å²) in [6.07, 6.45) is 2.81. The normalized spacial score (nSPS) is 14.9. The van der Waals surface area contributed by atoms with E-state index in [-0.39, 0.29) is 24.0 Å². The van der Waals surface area contributed by atoms with Crippen LogP contribution in [-0.4, -0.2) is 65.4 Å². The van der Waals surface area contributed by atoms with E-state index in [1.807, 2.05) is 37.1 Å². The molecule has 0 bridgehead atoms. The minimum atomic E-state index is 0. The molecule has 1 N–H and O–H groups in total. The first-order valence-corrected chi connectivity index (χ1v) is 9.20. The number of aromatic nitrogens is 3. The van der Waals surface area contributed by atoms with Crippen LogP contribution in [0, 0.1) is 13.8 Å². The van der Waals surface area contributed by atoms with E-state index in [0.717, 1.165) is 56.6 Å². The van der Waals surface area contributed by atoms with Crippen LogP contribution < -0.4 is 10.2 Å². The summed E-state index contributed by atoms with van der Waals surface area (Å²) < 4.78 is 1.95. The number of nitrogens with zero attached hydrogens (tertiary/aromatic N) is 6. The quantitative estimate of drug-likeness (QED) is 0.410. The highest BCUT2D eigenvalue weighted by Crippen LogP contribution is 2.13. The fraction of sp³-hybridized carbons (Fsp3) is 0.526. The maximum Gasteiger partial charge on any atom is 0.193 e. The molecule has 0 spiro atoms. The summed E-state index contributed by atoms with van der Waals surface area (Å²) in [6, 6.07) is 6.07. The Balaban J connectivity index is 0.00000261. The van der Waals surface area contributed by atoms with E-state index < -0.39 is 0 Å². The SMILES string of the molecule is CN=C(NCCc1c(C)nn(C)c1C)N1CCN(c2ccccn2)CC1.I. The van der Waals surface area contributed by atoms with Gasteiger partial charge in [-0.1, -0.05) is 6.07 Å². The van der Waals surface area contributed by atoms with Crippen LogP contribution in [0.4, 0.5) is 5.82 Å². The highest BCUT2D eigenvalue weighted by molar-refractivity contribution is 14.0. The molecule has 148 valence electrons. The van der Waals surface area contributed by atoms with Crippen LogP contribution in [0.5, 0.6) is 0 Å². The zero-order valence-corrected chi connectivity index (χ0v) is 19.0. The van der Waals surface area contributed by atoms with Gasteiger partial charge in [-0.25, -0.2) is 4.98 Å². The Labute approximate surface area is 178 Å². The van der Waals surface area contributed by atoms with Crippen molar-refractivity contribution in [1.29, 1.82) is 0 Å². The van der Waals surface area contributed by atoms with Gasteiger partial charge in [-0.15, -0.1) is 24.0 Å². The fourth-order valence-electron chi connectivity index (χ4n) is 3.50. The number of piperazine rings is 1. The number of anilines is 1. The number of hydrogen-bond acceptors (Lipinski definition) is 4. The second-order valence-electron chi connectivity index (χ2n) is 6.66. The number of guanidine groups is 1. The number of hydrogen-bond donors (Lipinski definition) is 1. The Hall–Kier alpha value is -1.84. The average Bonchev–Trinajstić information content (AvgIpc) is 2.92. The van der Waals surface area contributed by atoms with Gasteiger partial charge in [0.05, 0.1) is 5.69 Å². The molecule has 3 heterocycles. The lowest BCUT2D eigenvalue weighted by atomic mass is 10.1. The van der Waals surface area contributed by atoms with E-state index in [2.05, 4.69) is 50.1 Å². The Kier molecular flexibility index (Phi) is 7.88. The lowest BCUT2D eigenvalue weighted by Gasteiger charge is -2.37. The topological polar surface area (TPSA) is 61.6 Å². The third kappa shape index (κ3) is 5.12. The highest BCUT2D eigenvalue weighted by atomic mass is 127. The summed E-state index contributed by atoms with van der Waals surface area (Å²) >= 11 is 0. The van der Waals surface area contributed by atoms with E-state index >= 15 is 0 Å². The number of aryl methyl sites for hydroxylation is 2. The first-order chi connectivity index (χ1) is 12.6. The molecule has 1 aliphatic rings. The molecule has 0 atom stereocenters. The molecule has 0 aliphatic carbocycles. The third-order valence-corrected chi connectivity index (χ3v) is 5.08. The molecular formula is C19H30IN7. The van der Waals surface area contributed by atoms with E-state index in [0.29, 0.717) is 0 Å². The van der Waals surface area contributed by atoms with Crippen LogP contribution in [0.15, 0.2) is 29.4 Å². The van der Waals surface area contributed by atoms with E-state index in [4.69, 9.17) is 0 Å². The zero-order chi connectivity index (χ0) is 18.5. The van der Waals surface area contributed by atoms with Gasteiger partial charge in [0.15, 0.2) is 5.96 Å². The summed E-state index contributed by atoms with van der Waals surface area (Å²) in [7, 11) is 3.85. The van der Waals surface area contributed by atoms with Crippen LogP contribution in [0.1, 0.15) is 17.0 Å². The van der Waals surface area contributed by atoms with Crippen LogP contribution in [0.25, 0.3) is 0 Å². The molecule has 1 saturated heterocycles. The zero-order valence-electron chi connectivity index (χ0n) is 16.6. The Morgan fingerprint density at radius 2 is 1.93 bits per heavy atom. The number of halogens is 1. The molecule has 3 rings (SSSR count). The molecule has 0 amide bonds. The van der Waals surface area contributed by atoms with E-state index in [1.165, 1.54) is 11.3 Å². The average molecular weight is 483 g/mol. The summed E-state index contributed by atoms with van der Waals surface area (Å²) in [5, 5.41) is 8.00. The summed E-state index contributed by atoms with van der Waals surface area (Å²) in [5.41, 5.74) is 3.68. The van der Waals surface area contributed by atoms with Crippen molar-refractivity contribution in [2.24, 2.45) is 12.0 Å². The van der Waals surface area contributed by atoms with Gasteiger partial charge in [0.25, 0.3) is 0 Å². The van der Waals surface area contributed by atoms with Crippen molar-refractivity contribution in [3.63, 3.8) is 0 Å². The van der Waals surface area contributed by atoms with Crippen molar-refractivity contribution in [1.82, 2.24) is 25.0 Å². The fourth-order valence-corrected chi connectivity index (χ4v) is 3.50. The van der Waals surface area contributed by atoms with Crippen molar-refractivity contribution in [3.8, 4) is 0 Å². The largest absolute Gasteiger partial charge is 0.356 e. The number of rotatable bonds is 4. The molecule has 0 unspecified atom stereocenters. The monoisotopic (exact) mass is 483 g/mol. The second kappa shape index (κ2) is 9.91. The van der Waals surface area contributed by atoms with Gasteiger partial charge in [0, 0.05) is 58.7 Å². The summed E-state index contributed by atoms with van der Waals surface area (Å²) in [5.74, 6) is 2.03. The first-order valence-electron chi connectivity index (χ1n) is 9.20. The molecule has 2 aromatic rings. The predicted molar refractivity (Wildman–Crippen MR) is 121 cm³/mol. The molecule has 0 saturated carbocycles. The molecule has 0 aromatic carbocycles. The van der Waals surface area contributed by atoms with Gasteiger partial charge in [-0.2, -0.15) is 5.10 Å². The van der Waals surface area contributed by atoms with E-state index in [9.17, 15) is 0 Å². The van der Waals surface area contributed by atoms with Crippen molar-refractivity contribution in [2.45, 2.75) is 20.3 Å². The van der Waals surface area contributed by atoms with Crippen molar-refractivity contribution >= 4 is 35.8 Å². The molecular weight excluding hydrogens is 453 g/mol. The standard InChI is InChI=1S/C19H29N7.HI/c1-15-17(16(2)24(4)23-15)8-10-22-19(20-3)26-13-11-25(12-14-26)18-7-5-6-9-21-18;/h5-7,9H,8,10-14H2,1-4H3,(H,20,22);1H. The molecule has 1 aliphatic heterocycles. The minimum absolute atomic E-state index is 0. The summed E-state index contributed by atoms with van der Waals surface area (Å²) in [6.45, 7) is 8.87. The van der Waals surface area contributed by atoms with Crippen molar-refractivity contribution in [3.05, 3.63) is 41.3 Å². The smallest absolute Gasteiger partial charge is 0.193 e. The Morgan fingerprint density at radius 3 is 2.48 bits per heavy atom. The lowest BCUT2D eigenvalue weighted by Crippen LogP contribution is -2.53. The van der Waals surface area contributed by atoms with Crippen LogP contribution in [0.3, 0.4) is 0 Å². The number of pyridine rings is 1. The molecule has 27 heavy (non-hydrogen) atoms. The molecule has 0 radical (unpaired) electrons. The molecule has 2 aromatic heterocycles. The van der Waals surface area contributed by atoms with Gasteiger partial charge in [0.1, 0.15) is 5.82 Å². The lowest BCUT2D eigenvalue weighted by molar-refractivity contribution is 0.372. The Bertz CT molecular complexity index is 749. The minimum Gasteiger partial charge on any atom is -0.356 e. The molecule has 7 nitrogen and oxygen atoms in total. The van der Waals surface area contributed by atoms with Gasteiger partial charge < -0.3 is 15.1 Å². The van der Waals surface area contributed by atoms with Crippen LogP contribution in [0.2, 0.25) is 0 Å². The first kappa shape index (κ1) is 21.5. The van der Waals surface area contributed by atoms with Crippen molar-refractivity contribution in [2.75, 3.05) is 44.7 Å². The molecule has 8 heteroatoms. The van der Waals surface area contributed by atoms with E-state index in [1.54, 1.807) is 0 Å². The van der Waals surface area contributed by atoms with Crippen molar-refractivity contribution < 1.29 is 0 Å². The maximum absolute atomic E-state index is 4.49. The molecule has 1 fully saturated rings. The maximum atomic E-state index is 4.49. The summed E-state index contributed by atoms with van der Waals surface area (Å²) in [4.78, 5) is 13.6. The predicted octanol–water partition coefficient (Wildman–Crippen LogP) is 1.99. The van der Waals surface area contributed by atoms with Crippen LogP contribution in [-0.2, 0) is 13.5 Å². The Morgan fingerprint density at radius 1 is 1.19 bits per heavy atom. The van der Waals surface area contributed by atoms with Crippen LogP contribution >= 0.6 is 24.0 Å². The second-order valence-corrected chi connectivity index (χ2v) is 6.66.